The van der Waals surface area contributed by atoms with Crippen LogP contribution >= 0.6 is 0 Å². The molecular weight excluding hydrogens is 162 g/mol. The number of nitrogens with zero attached hydrogens (tertiary/aromatic N) is 2. The highest BCUT2D eigenvalue weighted by Gasteiger charge is 2.16. The molecule has 0 saturated carbocycles. The molecule has 0 unspecified atom stereocenters. The highest BCUT2D eigenvalue weighted by molar-refractivity contribution is 5.19. The van der Waals surface area contributed by atoms with E-state index in [1.165, 1.54) is 30.7 Å². The van der Waals surface area contributed by atoms with Gasteiger partial charge in [0, 0.05) is 18.8 Å². The third-order valence-electron chi connectivity index (χ3n) is 2.78. The van der Waals surface area contributed by atoms with Gasteiger partial charge < -0.3 is 10.3 Å². The number of aromatic nitrogens is 2. The lowest BCUT2D eigenvalue weighted by Gasteiger charge is -2.13. The van der Waals surface area contributed by atoms with Gasteiger partial charge in [-0.25, -0.2) is 4.98 Å². The third kappa shape index (κ3) is 1.48. The van der Waals surface area contributed by atoms with Crippen molar-refractivity contribution in [2.75, 3.05) is 6.54 Å². The van der Waals surface area contributed by atoms with E-state index in [1.54, 1.807) is 0 Å². The first-order valence-corrected chi connectivity index (χ1v) is 5.08. The van der Waals surface area contributed by atoms with Crippen molar-refractivity contribution in [2.24, 2.45) is 5.73 Å². The second-order valence-corrected chi connectivity index (χ2v) is 3.70. The molecule has 72 valence electrons. The first-order chi connectivity index (χ1) is 6.33. The summed E-state index contributed by atoms with van der Waals surface area (Å²) in [4.78, 5) is 4.58. The molecule has 0 saturated heterocycles. The fraction of sp³-hybridized carbons (Fsp3) is 0.700. The zero-order chi connectivity index (χ0) is 9.26. The minimum absolute atomic E-state index is 0.712. The average molecular weight is 179 g/mol. The maximum absolute atomic E-state index is 5.57. The highest BCUT2D eigenvalue weighted by atomic mass is 15.1. The van der Waals surface area contributed by atoms with Gasteiger partial charge in [-0.05, 0) is 32.6 Å². The van der Waals surface area contributed by atoms with Crippen molar-refractivity contribution in [3.8, 4) is 0 Å². The summed E-state index contributed by atoms with van der Waals surface area (Å²) < 4.78 is 2.29. The molecule has 0 radical (unpaired) electrons. The highest BCUT2D eigenvalue weighted by Crippen LogP contribution is 2.21. The molecule has 2 rings (SSSR count). The van der Waals surface area contributed by atoms with Crippen molar-refractivity contribution < 1.29 is 0 Å². The molecular formula is C10H17N3. The van der Waals surface area contributed by atoms with Gasteiger partial charge in [0.1, 0.15) is 5.82 Å². The lowest BCUT2D eigenvalue weighted by molar-refractivity contribution is 0.600. The van der Waals surface area contributed by atoms with Gasteiger partial charge in [-0.2, -0.15) is 0 Å². The largest absolute Gasteiger partial charge is 0.331 e. The summed E-state index contributed by atoms with van der Waals surface area (Å²) in [6.07, 6.45) is 4.96. The summed E-state index contributed by atoms with van der Waals surface area (Å²) in [6, 6.07) is 0. The molecule has 0 spiro atoms. The molecule has 1 aliphatic rings. The third-order valence-corrected chi connectivity index (χ3v) is 2.78. The van der Waals surface area contributed by atoms with Gasteiger partial charge in [-0.1, -0.05) is 0 Å². The molecule has 3 heteroatoms. The van der Waals surface area contributed by atoms with Gasteiger partial charge in [0.2, 0.25) is 0 Å². The fourth-order valence-corrected chi connectivity index (χ4v) is 2.16. The van der Waals surface area contributed by atoms with Crippen molar-refractivity contribution in [1.82, 2.24) is 9.55 Å². The molecule has 13 heavy (non-hydrogen) atoms. The molecule has 0 atom stereocenters. The topological polar surface area (TPSA) is 43.8 Å². The summed E-state index contributed by atoms with van der Waals surface area (Å²) in [6.45, 7) is 3.71. The predicted octanol–water partition coefficient (Wildman–Crippen LogP) is 1.03. The van der Waals surface area contributed by atoms with E-state index in [0.717, 1.165) is 18.8 Å². The molecule has 0 fully saturated rings. The number of aryl methyl sites for hydroxylation is 2. The molecule has 0 amide bonds. The van der Waals surface area contributed by atoms with E-state index in [2.05, 4.69) is 16.5 Å². The smallest absolute Gasteiger partial charge is 0.106 e. The Morgan fingerprint density at radius 2 is 2.15 bits per heavy atom. The van der Waals surface area contributed by atoms with Gasteiger partial charge >= 0.3 is 0 Å². The summed E-state index contributed by atoms with van der Waals surface area (Å²) in [5, 5.41) is 0. The molecule has 1 aromatic heterocycles. The predicted molar refractivity (Wildman–Crippen MR) is 52.7 cm³/mol. The molecule has 0 aliphatic heterocycles. The minimum Gasteiger partial charge on any atom is -0.331 e. The Kier molecular flexibility index (Phi) is 2.36. The van der Waals surface area contributed by atoms with Crippen LogP contribution in [0.2, 0.25) is 0 Å². The zero-order valence-corrected chi connectivity index (χ0v) is 8.21. The average Bonchev–Trinajstić information content (AvgIpc) is 2.44. The number of nitrogens with two attached hydrogens (primary N) is 1. The standard InChI is InChI=1S/C10H17N3/c1-8-12-9-4-2-3-5-10(9)13(8)7-6-11/h2-7,11H2,1H3. The molecule has 1 heterocycles. The van der Waals surface area contributed by atoms with Gasteiger partial charge in [-0.3, -0.25) is 0 Å². The van der Waals surface area contributed by atoms with Crippen LogP contribution in [0.15, 0.2) is 0 Å². The SMILES string of the molecule is Cc1nc2c(n1CCN)CCCC2. The van der Waals surface area contributed by atoms with Gasteiger partial charge in [0.15, 0.2) is 0 Å². The van der Waals surface area contributed by atoms with Crippen LogP contribution in [0.5, 0.6) is 0 Å². The van der Waals surface area contributed by atoms with Crippen molar-refractivity contribution in [3.63, 3.8) is 0 Å². The van der Waals surface area contributed by atoms with Gasteiger partial charge in [0.05, 0.1) is 5.69 Å². The van der Waals surface area contributed by atoms with Crippen LogP contribution in [0.4, 0.5) is 0 Å². The second-order valence-electron chi connectivity index (χ2n) is 3.70. The van der Waals surface area contributed by atoms with E-state index in [1.807, 2.05) is 0 Å². The van der Waals surface area contributed by atoms with Crippen LogP contribution < -0.4 is 5.73 Å². The van der Waals surface area contributed by atoms with Crippen LogP contribution in [-0.2, 0) is 19.4 Å². The summed E-state index contributed by atoms with van der Waals surface area (Å²) >= 11 is 0. The van der Waals surface area contributed by atoms with E-state index in [-0.39, 0.29) is 0 Å². The summed E-state index contributed by atoms with van der Waals surface area (Å²) in [5.74, 6) is 1.14. The zero-order valence-electron chi connectivity index (χ0n) is 8.21. The van der Waals surface area contributed by atoms with Crippen LogP contribution in [0.25, 0.3) is 0 Å². The Hall–Kier alpha value is -0.830. The summed E-state index contributed by atoms with van der Waals surface area (Å²) in [5.41, 5.74) is 8.33. The van der Waals surface area contributed by atoms with E-state index >= 15 is 0 Å². The molecule has 1 aliphatic carbocycles. The Bertz CT molecular complexity index is 301. The van der Waals surface area contributed by atoms with E-state index < -0.39 is 0 Å². The maximum Gasteiger partial charge on any atom is 0.106 e. The van der Waals surface area contributed by atoms with Gasteiger partial charge in [0.25, 0.3) is 0 Å². The Balaban J connectivity index is 2.36. The van der Waals surface area contributed by atoms with E-state index in [9.17, 15) is 0 Å². The first kappa shape index (κ1) is 8.75. The van der Waals surface area contributed by atoms with Crippen molar-refractivity contribution in [3.05, 3.63) is 17.2 Å². The van der Waals surface area contributed by atoms with Gasteiger partial charge in [-0.15, -0.1) is 0 Å². The van der Waals surface area contributed by atoms with Crippen molar-refractivity contribution >= 4 is 0 Å². The lowest BCUT2D eigenvalue weighted by Crippen LogP contribution is -2.15. The normalized spacial score (nSPS) is 15.8. The number of hydrogen-bond donors (Lipinski definition) is 1. The van der Waals surface area contributed by atoms with Crippen LogP contribution in [0.1, 0.15) is 30.1 Å². The Morgan fingerprint density at radius 3 is 2.92 bits per heavy atom. The van der Waals surface area contributed by atoms with Crippen LogP contribution in [0.3, 0.4) is 0 Å². The second kappa shape index (κ2) is 3.50. The quantitative estimate of drug-likeness (QED) is 0.737. The molecule has 1 aromatic rings. The van der Waals surface area contributed by atoms with Crippen LogP contribution in [0, 0.1) is 6.92 Å². The van der Waals surface area contributed by atoms with Crippen molar-refractivity contribution in [2.45, 2.75) is 39.2 Å². The fourth-order valence-electron chi connectivity index (χ4n) is 2.16. The summed E-state index contributed by atoms with van der Waals surface area (Å²) in [7, 11) is 0. The molecule has 0 aromatic carbocycles. The number of rotatable bonds is 2. The number of fused-ring (bicyclic) bond motifs is 1. The Morgan fingerprint density at radius 1 is 1.38 bits per heavy atom. The Labute approximate surface area is 79.0 Å². The molecule has 0 bridgehead atoms. The van der Waals surface area contributed by atoms with Crippen LogP contribution in [-0.4, -0.2) is 16.1 Å². The van der Waals surface area contributed by atoms with Crippen molar-refractivity contribution in [1.29, 1.82) is 0 Å². The molecule has 2 N–H and O–H groups in total. The number of imidazole rings is 1. The first-order valence-electron chi connectivity index (χ1n) is 5.08. The monoisotopic (exact) mass is 179 g/mol. The number of hydrogen-bond acceptors (Lipinski definition) is 2. The minimum atomic E-state index is 0.712. The lowest BCUT2D eigenvalue weighted by atomic mass is 10.0. The van der Waals surface area contributed by atoms with E-state index in [4.69, 9.17) is 5.73 Å². The maximum atomic E-state index is 5.57. The van der Waals surface area contributed by atoms with E-state index in [0.29, 0.717) is 6.54 Å². The molecule has 3 nitrogen and oxygen atoms in total.